The van der Waals surface area contributed by atoms with Gasteiger partial charge in [-0.25, -0.2) is 4.98 Å². The Hall–Kier alpha value is -1.13. The quantitative estimate of drug-likeness (QED) is 0.799. The van der Waals surface area contributed by atoms with Crippen LogP contribution in [0.15, 0.2) is 35.1 Å². The number of imidazole rings is 1. The van der Waals surface area contributed by atoms with Crippen molar-refractivity contribution >= 4 is 15.9 Å². The van der Waals surface area contributed by atoms with Crippen LogP contribution in [0.25, 0.3) is 0 Å². The predicted octanol–water partition coefficient (Wildman–Crippen LogP) is 4.45. The zero-order valence-electron chi connectivity index (χ0n) is 13.1. The highest BCUT2D eigenvalue weighted by Gasteiger charge is 2.18. The lowest BCUT2D eigenvalue weighted by Crippen LogP contribution is -2.26. The smallest absolute Gasteiger partial charge is 0.130 e. The van der Waals surface area contributed by atoms with Crippen LogP contribution in [0.4, 0.5) is 0 Å². The van der Waals surface area contributed by atoms with Gasteiger partial charge in [0.2, 0.25) is 0 Å². The summed E-state index contributed by atoms with van der Waals surface area (Å²) in [7, 11) is 0. The Morgan fingerprint density at radius 2 is 2.10 bits per heavy atom. The first-order chi connectivity index (χ1) is 10.2. The molecule has 0 amide bonds. The largest absolute Gasteiger partial charge is 0.333 e. The Balaban J connectivity index is 2.37. The third-order valence-corrected chi connectivity index (χ3v) is 4.47. The van der Waals surface area contributed by atoms with Gasteiger partial charge in [0, 0.05) is 23.4 Å². The highest BCUT2D eigenvalue weighted by molar-refractivity contribution is 9.10. The molecular formula is C17H24BrN3. The van der Waals surface area contributed by atoms with E-state index in [1.165, 1.54) is 11.1 Å². The van der Waals surface area contributed by atoms with Gasteiger partial charge < -0.3 is 9.88 Å². The first-order valence-corrected chi connectivity index (χ1v) is 8.47. The Morgan fingerprint density at radius 3 is 2.76 bits per heavy atom. The summed E-state index contributed by atoms with van der Waals surface area (Å²) in [4.78, 5) is 4.61. The van der Waals surface area contributed by atoms with Gasteiger partial charge in [-0.15, -0.1) is 0 Å². The highest BCUT2D eigenvalue weighted by Crippen LogP contribution is 2.25. The molecule has 0 fully saturated rings. The van der Waals surface area contributed by atoms with Crippen LogP contribution in [0.2, 0.25) is 0 Å². The maximum Gasteiger partial charge on any atom is 0.130 e. The number of rotatable bonds is 7. The average Bonchev–Trinajstić information content (AvgIpc) is 2.92. The van der Waals surface area contributed by atoms with E-state index >= 15 is 0 Å². The number of aromatic nitrogens is 2. The molecule has 114 valence electrons. The number of benzene rings is 1. The van der Waals surface area contributed by atoms with Crippen LogP contribution in [0, 0.1) is 6.92 Å². The lowest BCUT2D eigenvalue weighted by molar-refractivity contribution is 0.530. The van der Waals surface area contributed by atoms with Gasteiger partial charge in [0.1, 0.15) is 5.82 Å². The van der Waals surface area contributed by atoms with Crippen molar-refractivity contribution in [3.63, 3.8) is 0 Å². The number of halogens is 1. The van der Waals surface area contributed by atoms with Crippen molar-refractivity contribution in [2.45, 2.75) is 46.2 Å². The molecule has 0 aliphatic heterocycles. The van der Waals surface area contributed by atoms with Gasteiger partial charge in [-0.2, -0.15) is 0 Å². The van der Waals surface area contributed by atoms with E-state index in [4.69, 9.17) is 0 Å². The van der Waals surface area contributed by atoms with E-state index in [0.717, 1.165) is 36.2 Å². The summed E-state index contributed by atoms with van der Waals surface area (Å²) in [5.41, 5.74) is 2.53. The van der Waals surface area contributed by atoms with Gasteiger partial charge in [0.15, 0.2) is 0 Å². The minimum atomic E-state index is 0.151. The Bertz CT molecular complexity index is 577. The SMILES string of the molecule is CCCNC(c1ccc(Br)c(C)c1)c1nccn1CCC. The molecule has 1 N–H and O–H groups in total. The van der Waals surface area contributed by atoms with Crippen LogP contribution in [0.1, 0.15) is 49.7 Å². The predicted molar refractivity (Wildman–Crippen MR) is 91.5 cm³/mol. The van der Waals surface area contributed by atoms with Crippen LogP contribution in [0.3, 0.4) is 0 Å². The van der Waals surface area contributed by atoms with E-state index in [2.05, 4.69) is 76.0 Å². The maximum absolute atomic E-state index is 4.61. The minimum Gasteiger partial charge on any atom is -0.333 e. The Labute approximate surface area is 135 Å². The molecule has 1 atom stereocenters. The molecule has 0 saturated carbocycles. The number of hydrogen-bond acceptors (Lipinski definition) is 2. The summed E-state index contributed by atoms with van der Waals surface area (Å²) in [6.07, 6.45) is 6.20. The molecule has 1 unspecified atom stereocenters. The van der Waals surface area contributed by atoms with Gasteiger partial charge in [-0.3, -0.25) is 0 Å². The van der Waals surface area contributed by atoms with E-state index in [0.29, 0.717) is 0 Å². The summed E-state index contributed by atoms with van der Waals surface area (Å²) in [6.45, 7) is 8.51. The molecule has 0 spiro atoms. The minimum absolute atomic E-state index is 0.151. The third kappa shape index (κ3) is 3.95. The molecule has 0 saturated heterocycles. The second-order valence-corrected chi connectivity index (χ2v) is 6.23. The molecule has 4 heteroatoms. The zero-order valence-corrected chi connectivity index (χ0v) is 14.7. The molecule has 2 aromatic rings. The Morgan fingerprint density at radius 1 is 1.29 bits per heavy atom. The first kappa shape index (κ1) is 16.2. The fourth-order valence-electron chi connectivity index (χ4n) is 2.51. The summed E-state index contributed by atoms with van der Waals surface area (Å²) in [6, 6.07) is 6.69. The van der Waals surface area contributed by atoms with Gasteiger partial charge in [-0.05, 0) is 43.5 Å². The van der Waals surface area contributed by atoms with Crippen molar-refractivity contribution in [2.24, 2.45) is 0 Å². The second-order valence-electron chi connectivity index (χ2n) is 5.37. The van der Waals surface area contributed by atoms with E-state index in [1.807, 2.05) is 6.20 Å². The standard InChI is InChI=1S/C17H24BrN3/c1-4-8-19-16(14-6-7-15(18)13(3)12-14)17-20-9-11-21(17)10-5-2/h6-7,9,11-12,16,19H,4-5,8,10H2,1-3H3. The van der Waals surface area contributed by atoms with Crippen LogP contribution in [-0.2, 0) is 6.54 Å². The average molecular weight is 350 g/mol. The van der Waals surface area contributed by atoms with Crippen molar-refractivity contribution in [3.05, 3.63) is 52.0 Å². The molecule has 0 bridgehead atoms. The molecule has 0 aliphatic carbocycles. The van der Waals surface area contributed by atoms with Gasteiger partial charge in [-0.1, -0.05) is 41.9 Å². The monoisotopic (exact) mass is 349 g/mol. The third-order valence-electron chi connectivity index (χ3n) is 3.58. The number of nitrogens with one attached hydrogen (secondary N) is 1. The number of nitrogens with zero attached hydrogens (tertiary/aromatic N) is 2. The summed E-state index contributed by atoms with van der Waals surface area (Å²) in [5.74, 6) is 1.10. The van der Waals surface area contributed by atoms with Crippen LogP contribution in [-0.4, -0.2) is 16.1 Å². The van der Waals surface area contributed by atoms with Gasteiger partial charge in [0.25, 0.3) is 0 Å². The molecule has 1 aromatic carbocycles. The molecule has 2 rings (SSSR count). The van der Waals surface area contributed by atoms with Crippen molar-refractivity contribution in [1.29, 1.82) is 0 Å². The first-order valence-electron chi connectivity index (χ1n) is 7.67. The fraction of sp³-hybridized carbons (Fsp3) is 0.471. The normalized spacial score (nSPS) is 12.6. The van der Waals surface area contributed by atoms with Gasteiger partial charge in [0.05, 0.1) is 6.04 Å². The summed E-state index contributed by atoms with van der Waals surface area (Å²) < 4.78 is 3.41. The molecule has 3 nitrogen and oxygen atoms in total. The fourth-order valence-corrected chi connectivity index (χ4v) is 2.75. The van der Waals surface area contributed by atoms with Crippen LogP contribution < -0.4 is 5.32 Å². The number of aryl methyl sites for hydroxylation is 2. The van der Waals surface area contributed by atoms with E-state index < -0.39 is 0 Å². The van der Waals surface area contributed by atoms with E-state index in [-0.39, 0.29) is 6.04 Å². The molecular weight excluding hydrogens is 326 g/mol. The topological polar surface area (TPSA) is 29.9 Å². The summed E-state index contributed by atoms with van der Waals surface area (Å²) in [5, 5.41) is 3.63. The molecule has 0 aliphatic rings. The highest BCUT2D eigenvalue weighted by atomic mass is 79.9. The van der Waals surface area contributed by atoms with Crippen molar-refractivity contribution < 1.29 is 0 Å². The van der Waals surface area contributed by atoms with Gasteiger partial charge >= 0.3 is 0 Å². The Kier molecular flexibility index (Phi) is 6.00. The lowest BCUT2D eigenvalue weighted by Gasteiger charge is -2.20. The molecule has 1 heterocycles. The summed E-state index contributed by atoms with van der Waals surface area (Å²) >= 11 is 3.58. The van der Waals surface area contributed by atoms with Crippen molar-refractivity contribution in [2.75, 3.05) is 6.54 Å². The van der Waals surface area contributed by atoms with Crippen molar-refractivity contribution in [1.82, 2.24) is 14.9 Å². The van der Waals surface area contributed by atoms with Crippen molar-refractivity contribution in [3.8, 4) is 0 Å². The molecule has 1 aromatic heterocycles. The maximum atomic E-state index is 4.61. The van der Waals surface area contributed by atoms with E-state index in [1.54, 1.807) is 0 Å². The number of hydrogen-bond donors (Lipinski definition) is 1. The van der Waals surface area contributed by atoms with Crippen LogP contribution in [0.5, 0.6) is 0 Å². The molecule has 0 radical (unpaired) electrons. The molecule has 21 heavy (non-hydrogen) atoms. The second kappa shape index (κ2) is 7.76. The zero-order chi connectivity index (χ0) is 15.2. The van der Waals surface area contributed by atoms with Crippen LogP contribution >= 0.6 is 15.9 Å². The lowest BCUT2D eigenvalue weighted by atomic mass is 10.0. The van der Waals surface area contributed by atoms with E-state index in [9.17, 15) is 0 Å².